The van der Waals surface area contributed by atoms with E-state index < -0.39 is 5.91 Å². The molecule has 0 bridgehead atoms. The maximum Gasteiger partial charge on any atom is 0.251 e. The van der Waals surface area contributed by atoms with Gasteiger partial charge in [-0.15, -0.1) is 0 Å². The first-order chi connectivity index (χ1) is 13.0. The largest absolute Gasteiger partial charge is 0.497 e. The molecule has 2 aromatic carbocycles. The minimum atomic E-state index is -0.613. The van der Waals surface area contributed by atoms with Gasteiger partial charge in [-0.2, -0.15) is 0 Å². The Morgan fingerprint density at radius 1 is 1.26 bits per heavy atom. The van der Waals surface area contributed by atoms with Crippen molar-refractivity contribution in [2.75, 3.05) is 18.7 Å². The third-order valence-corrected chi connectivity index (χ3v) is 4.22. The second kappa shape index (κ2) is 7.96. The molecule has 0 aliphatic rings. The van der Waals surface area contributed by atoms with Crippen LogP contribution in [0.5, 0.6) is 5.75 Å². The molecule has 27 heavy (non-hydrogen) atoms. The summed E-state index contributed by atoms with van der Waals surface area (Å²) < 4.78 is 18.5. The molecule has 8 heteroatoms. The highest BCUT2D eigenvalue weighted by atomic mass is 19.1. The summed E-state index contributed by atoms with van der Waals surface area (Å²) in [7, 11) is 1.49. The predicted molar refractivity (Wildman–Crippen MR) is 101 cm³/mol. The van der Waals surface area contributed by atoms with E-state index in [-0.39, 0.29) is 11.4 Å². The Hall–Kier alpha value is -3.26. The van der Waals surface area contributed by atoms with Crippen molar-refractivity contribution >= 4 is 22.6 Å². The number of hydrogen-bond acceptors (Lipinski definition) is 6. The average Bonchev–Trinajstić information content (AvgIpc) is 2.66. The van der Waals surface area contributed by atoms with Gasteiger partial charge >= 0.3 is 0 Å². The number of nitrogens with zero attached hydrogens (tertiary/aromatic N) is 3. The number of benzene rings is 2. The van der Waals surface area contributed by atoms with Crippen molar-refractivity contribution < 1.29 is 13.9 Å². The van der Waals surface area contributed by atoms with E-state index >= 15 is 0 Å². The van der Waals surface area contributed by atoms with E-state index in [4.69, 9.17) is 16.3 Å². The second-order valence-electron chi connectivity index (χ2n) is 6.06. The molecule has 3 aromatic rings. The van der Waals surface area contributed by atoms with E-state index in [0.29, 0.717) is 41.9 Å². The number of hydrogen-bond donors (Lipinski definition) is 2. The number of nitrogens with two attached hydrogens (primary N) is 2. The zero-order valence-electron chi connectivity index (χ0n) is 14.9. The number of ether oxygens (including phenoxy) is 1. The summed E-state index contributed by atoms with van der Waals surface area (Å²) in [5.74, 6) is 6.23. The van der Waals surface area contributed by atoms with E-state index in [1.165, 1.54) is 36.6 Å². The molecule has 0 radical (unpaired) electrons. The van der Waals surface area contributed by atoms with E-state index in [1.54, 1.807) is 12.1 Å². The number of amides is 1. The van der Waals surface area contributed by atoms with Crippen molar-refractivity contribution in [3.8, 4) is 5.75 Å². The Labute approximate surface area is 155 Å². The standard InChI is InChI=1S/C19H20FN5O2/c1-27-14-9-15(18(21)26)17-16(10-14)19(24-11-23-17)25(22)7-3-5-12-4-2-6-13(20)8-12/h2,4,6,8-11H,3,5,7,22H2,1H3,(H2,21,26). The lowest BCUT2D eigenvalue weighted by Crippen LogP contribution is -2.33. The molecule has 1 amide bonds. The van der Waals surface area contributed by atoms with Crippen molar-refractivity contribution in [1.82, 2.24) is 9.97 Å². The van der Waals surface area contributed by atoms with Crippen molar-refractivity contribution in [3.63, 3.8) is 0 Å². The third-order valence-electron chi connectivity index (χ3n) is 4.22. The van der Waals surface area contributed by atoms with Crippen LogP contribution in [0, 0.1) is 5.82 Å². The number of aromatic nitrogens is 2. The molecule has 4 N–H and O–H groups in total. The van der Waals surface area contributed by atoms with Crippen LogP contribution in [-0.4, -0.2) is 29.5 Å². The number of carbonyl (C=O) groups is 1. The lowest BCUT2D eigenvalue weighted by atomic mass is 10.1. The van der Waals surface area contributed by atoms with Crippen molar-refractivity contribution in [1.29, 1.82) is 0 Å². The highest BCUT2D eigenvalue weighted by Gasteiger charge is 2.16. The van der Waals surface area contributed by atoms with Crippen LogP contribution < -0.4 is 21.3 Å². The first-order valence-corrected chi connectivity index (χ1v) is 8.39. The van der Waals surface area contributed by atoms with Crippen LogP contribution in [0.3, 0.4) is 0 Å². The molecule has 1 heterocycles. The zero-order valence-corrected chi connectivity index (χ0v) is 14.9. The lowest BCUT2D eigenvalue weighted by Gasteiger charge is -2.19. The maximum absolute atomic E-state index is 13.3. The van der Waals surface area contributed by atoms with Crippen molar-refractivity contribution in [2.24, 2.45) is 11.6 Å². The molecule has 0 aliphatic heterocycles. The van der Waals surface area contributed by atoms with Gasteiger partial charge in [-0.1, -0.05) is 12.1 Å². The molecule has 140 valence electrons. The van der Waals surface area contributed by atoms with Gasteiger partial charge in [0, 0.05) is 11.9 Å². The Balaban J connectivity index is 1.84. The van der Waals surface area contributed by atoms with Crippen LogP contribution in [0.1, 0.15) is 22.3 Å². The number of methoxy groups -OCH3 is 1. The van der Waals surface area contributed by atoms with Gasteiger partial charge in [-0.05, 0) is 42.7 Å². The molecule has 1 aromatic heterocycles. The molecule has 0 saturated carbocycles. The van der Waals surface area contributed by atoms with Crippen LogP contribution in [0.2, 0.25) is 0 Å². The number of hydrazine groups is 1. The number of anilines is 1. The Morgan fingerprint density at radius 3 is 2.78 bits per heavy atom. The van der Waals surface area contributed by atoms with Crippen molar-refractivity contribution in [3.05, 3.63) is 59.7 Å². The van der Waals surface area contributed by atoms with Crippen molar-refractivity contribution in [2.45, 2.75) is 12.8 Å². The molecule has 0 atom stereocenters. The summed E-state index contributed by atoms with van der Waals surface area (Å²) in [6.07, 6.45) is 2.70. The Morgan fingerprint density at radius 2 is 2.07 bits per heavy atom. The van der Waals surface area contributed by atoms with Crippen LogP contribution in [-0.2, 0) is 6.42 Å². The number of aryl methyl sites for hydroxylation is 1. The molecular formula is C19H20FN5O2. The van der Waals surface area contributed by atoms with Gasteiger partial charge in [0.25, 0.3) is 5.91 Å². The summed E-state index contributed by atoms with van der Waals surface area (Å²) in [5.41, 5.74) is 7.00. The smallest absolute Gasteiger partial charge is 0.251 e. The lowest BCUT2D eigenvalue weighted by molar-refractivity contribution is 0.100. The van der Waals surface area contributed by atoms with Crippen LogP contribution in [0.25, 0.3) is 10.9 Å². The Bertz CT molecular complexity index is 979. The van der Waals surface area contributed by atoms with Gasteiger partial charge in [0.05, 0.1) is 18.2 Å². The SMILES string of the molecule is COc1cc(C(N)=O)c2ncnc(N(N)CCCc3cccc(F)c3)c2c1. The van der Waals surface area contributed by atoms with E-state index in [2.05, 4.69) is 9.97 Å². The van der Waals surface area contributed by atoms with Crippen LogP contribution in [0.15, 0.2) is 42.7 Å². The molecule has 3 rings (SSSR count). The zero-order chi connectivity index (χ0) is 19.4. The number of primary amides is 1. The molecule has 0 aliphatic carbocycles. The maximum atomic E-state index is 13.3. The molecule has 0 spiro atoms. The van der Waals surface area contributed by atoms with E-state index in [9.17, 15) is 9.18 Å². The topological polar surface area (TPSA) is 107 Å². The molecule has 0 unspecified atom stereocenters. The molecule has 7 nitrogen and oxygen atoms in total. The van der Waals surface area contributed by atoms with Crippen LogP contribution in [0.4, 0.5) is 10.2 Å². The number of rotatable bonds is 7. The highest BCUT2D eigenvalue weighted by molar-refractivity contribution is 6.07. The summed E-state index contributed by atoms with van der Waals surface area (Å²) in [6, 6.07) is 9.71. The summed E-state index contributed by atoms with van der Waals surface area (Å²) in [5, 5.41) is 2.05. The molecular weight excluding hydrogens is 349 g/mol. The summed E-state index contributed by atoms with van der Waals surface area (Å²) in [6.45, 7) is 0.478. The minimum Gasteiger partial charge on any atom is -0.497 e. The Kier molecular flexibility index (Phi) is 5.46. The third kappa shape index (κ3) is 4.12. The quantitative estimate of drug-likeness (QED) is 0.488. The predicted octanol–water partition coefficient (Wildman–Crippen LogP) is 2.19. The van der Waals surface area contributed by atoms with Gasteiger partial charge in [-0.25, -0.2) is 20.2 Å². The number of fused-ring (bicyclic) bond motifs is 1. The van der Waals surface area contributed by atoms with Gasteiger partial charge in [-0.3, -0.25) is 9.80 Å². The fourth-order valence-corrected chi connectivity index (χ4v) is 2.91. The minimum absolute atomic E-state index is 0.237. The van der Waals surface area contributed by atoms with Gasteiger partial charge in [0.15, 0.2) is 5.82 Å². The van der Waals surface area contributed by atoms with Gasteiger partial charge < -0.3 is 10.5 Å². The monoisotopic (exact) mass is 369 g/mol. The normalized spacial score (nSPS) is 10.8. The number of halogens is 1. The second-order valence-corrected chi connectivity index (χ2v) is 6.06. The highest BCUT2D eigenvalue weighted by Crippen LogP contribution is 2.29. The summed E-state index contributed by atoms with van der Waals surface area (Å²) in [4.78, 5) is 20.2. The average molecular weight is 369 g/mol. The summed E-state index contributed by atoms with van der Waals surface area (Å²) >= 11 is 0. The van der Waals surface area contributed by atoms with E-state index in [0.717, 1.165) is 5.56 Å². The first-order valence-electron chi connectivity index (χ1n) is 8.39. The van der Waals surface area contributed by atoms with Gasteiger partial charge in [0.2, 0.25) is 0 Å². The fourth-order valence-electron chi connectivity index (χ4n) is 2.91. The van der Waals surface area contributed by atoms with Gasteiger partial charge in [0.1, 0.15) is 17.9 Å². The first kappa shape index (κ1) is 18.5. The molecule has 0 saturated heterocycles. The molecule has 0 fully saturated rings. The number of carbonyl (C=O) groups excluding carboxylic acids is 1. The fraction of sp³-hybridized carbons (Fsp3) is 0.211. The van der Waals surface area contributed by atoms with E-state index in [1.807, 2.05) is 6.07 Å². The van der Waals surface area contributed by atoms with Crippen LogP contribution >= 0.6 is 0 Å².